The van der Waals surface area contributed by atoms with E-state index >= 15 is 0 Å². The molecule has 0 fully saturated rings. The maximum atomic E-state index is 13.0. The summed E-state index contributed by atoms with van der Waals surface area (Å²) in [5, 5.41) is 11.0. The largest absolute Gasteiger partial charge is 0.504 e. The summed E-state index contributed by atoms with van der Waals surface area (Å²) < 4.78 is 24.4. The van der Waals surface area contributed by atoms with Crippen LogP contribution < -0.4 is 0 Å². The van der Waals surface area contributed by atoms with E-state index in [0.717, 1.165) is 0 Å². The predicted octanol–water partition coefficient (Wildman–Crippen LogP) is 2.13. The van der Waals surface area contributed by atoms with Crippen molar-refractivity contribution in [1.82, 2.24) is 4.98 Å². The van der Waals surface area contributed by atoms with Crippen molar-refractivity contribution in [3.8, 4) is 5.75 Å². The molecule has 1 unspecified atom stereocenters. The van der Waals surface area contributed by atoms with Crippen molar-refractivity contribution in [2.24, 2.45) is 0 Å². The molecule has 1 aromatic carbocycles. The smallest absolute Gasteiger partial charge is 0.169 e. The highest BCUT2D eigenvalue weighted by atomic mass is 32.2. The Morgan fingerprint density at radius 1 is 1.38 bits per heavy atom. The number of benzene rings is 1. The number of aromatic hydroxyl groups is 1. The van der Waals surface area contributed by atoms with Crippen LogP contribution in [-0.2, 0) is 10.8 Å². The molecule has 3 nitrogen and oxygen atoms in total. The van der Waals surface area contributed by atoms with Crippen LogP contribution in [0.3, 0.4) is 0 Å². The summed E-state index contributed by atoms with van der Waals surface area (Å²) in [5.74, 6) is -0.524. The van der Waals surface area contributed by atoms with E-state index in [1.54, 1.807) is 6.92 Å². The number of fused-ring (bicyclic) bond motifs is 1. The van der Waals surface area contributed by atoms with Gasteiger partial charge in [0.05, 0.1) is 10.8 Å². The van der Waals surface area contributed by atoms with Crippen molar-refractivity contribution in [3.05, 3.63) is 29.7 Å². The van der Waals surface area contributed by atoms with Crippen LogP contribution in [-0.4, -0.2) is 20.6 Å². The van der Waals surface area contributed by atoms with Crippen LogP contribution in [0.5, 0.6) is 5.75 Å². The number of hydrogen-bond donors (Lipinski definition) is 1. The Morgan fingerprint density at radius 3 is 2.69 bits per heavy atom. The highest BCUT2D eigenvalue weighted by Gasteiger charge is 2.14. The van der Waals surface area contributed by atoms with Gasteiger partial charge in [-0.25, -0.2) is 9.37 Å². The van der Waals surface area contributed by atoms with Gasteiger partial charge in [-0.15, -0.1) is 0 Å². The molecule has 0 aliphatic rings. The van der Waals surface area contributed by atoms with E-state index in [-0.39, 0.29) is 16.6 Å². The van der Waals surface area contributed by atoms with Crippen LogP contribution >= 0.6 is 0 Å². The molecule has 0 spiro atoms. The van der Waals surface area contributed by atoms with Crippen LogP contribution in [0.25, 0.3) is 10.8 Å². The van der Waals surface area contributed by atoms with Gasteiger partial charge >= 0.3 is 0 Å². The van der Waals surface area contributed by atoms with E-state index < -0.39 is 10.8 Å². The van der Waals surface area contributed by atoms with E-state index in [2.05, 4.69) is 4.98 Å². The van der Waals surface area contributed by atoms with Crippen molar-refractivity contribution >= 4 is 21.6 Å². The van der Waals surface area contributed by atoms with Crippen molar-refractivity contribution in [1.29, 1.82) is 0 Å². The van der Waals surface area contributed by atoms with E-state index in [0.29, 0.717) is 16.5 Å². The topological polar surface area (TPSA) is 50.2 Å². The Hall–Kier alpha value is -1.49. The third-order valence-electron chi connectivity index (χ3n) is 2.37. The van der Waals surface area contributed by atoms with Gasteiger partial charge in [-0.3, -0.25) is 4.21 Å². The highest BCUT2D eigenvalue weighted by molar-refractivity contribution is 7.84. The lowest BCUT2D eigenvalue weighted by Crippen LogP contribution is -1.97. The molecule has 2 aromatic rings. The van der Waals surface area contributed by atoms with Crippen molar-refractivity contribution in [2.45, 2.75) is 11.9 Å². The van der Waals surface area contributed by atoms with Crippen molar-refractivity contribution < 1.29 is 13.7 Å². The second-order valence-corrected chi connectivity index (χ2v) is 4.79. The van der Waals surface area contributed by atoms with Crippen molar-refractivity contribution in [2.75, 3.05) is 6.26 Å². The second-order valence-electron chi connectivity index (χ2n) is 3.50. The number of pyridine rings is 1. The molecule has 1 atom stereocenters. The number of nitrogens with zero attached hydrogens (tertiary/aromatic N) is 1. The van der Waals surface area contributed by atoms with Gasteiger partial charge < -0.3 is 5.11 Å². The van der Waals surface area contributed by atoms with Gasteiger partial charge in [-0.05, 0) is 25.1 Å². The van der Waals surface area contributed by atoms with Gasteiger partial charge in [0, 0.05) is 22.7 Å². The van der Waals surface area contributed by atoms with E-state index in [1.165, 1.54) is 24.5 Å². The predicted molar refractivity (Wildman–Crippen MR) is 60.4 cm³/mol. The van der Waals surface area contributed by atoms with Gasteiger partial charge in [0.1, 0.15) is 5.82 Å². The normalized spacial score (nSPS) is 12.9. The Labute approximate surface area is 94.4 Å². The van der Waals surface area contributed by atoms with Crippen LogP contribution in [0.1, 0.15) is 5.69 Å². The minimum atomic E-state index is -1.37. The molecule has 5 heteroatoms. The number of hydrogen-bond acceptors (Lipinski definition) is 3. The lowest BCUT2D eigenvalue weighted by Gasteiger charge is -2.07. The summed E-state index contributed by atoms with van der Waals surface area (Å²) in [4.78, 5) is 4.02. The third-order valence-corrected chi connectivity index (χ3v) is 3.20. The lowest BCUT2D eigenvalue weighted by molar-refractivity contribution is 0.462. The fourth-order valence-electron chi connectivity index (χ4n) is 1.60. The van der Waals surface area contributed by atoms with Crippen molar-refractivity contribution in [3.63, 3.8) is 0 Å². The first-order chi connectivity index (χ1) is 7.50. The fourth-order valence-corrected chi connectivity index (χ4v) is 2.25. The average Bonchev–Trinajstić information content (AvgIpc) is 2.22. The molecule has 16 heavy (non-hydrogen) atoms. The Bertz CT molecular complexity index is 598. The van der Waals surface area contributed by atoms with Gasteiger partial charge in [0.15, 0.2) is 10.8 Å². The number of aryl methyl sites for hydroxylation is 1. The molecule has 84 valence electrons. The first kappa shape index (κ1) is 11.0. The molecule has 0 bridgehead atoms. The van der Waals surface area contributed by atoms with Gasteiger partial charge in [-0.1, -0.05) is 0 Å². The SMILES string of the molecule is Cc1nc(S(C)=O)c(O)c2ccc(F)cc12. The second kappa shape index (κ2) is 3.83. The molecule has 0 aliphatic heterocycles. The van der Waals surface area contributed by atoms with Gasteiger partial charge in [0.25, 0.3) is 0 Å². The minimum Gasteiger partial charge on any atom is -0.504 e. The summed E-state index contributed by atoms with van der Waals surface area (Å²) in [6.45, 7) is 1.69. The zero-order chi connectivity index (χ0) is 11.9. The highest BCUT2D eigenvalue weighted by Crippen LogP contribution is 2.31. The molecular weight excluding hydrogens is 229 g/mol. The molecule has 0 saturated carbocycles. The van der Waals surface area contributed by atoms with E-state index in [9.17, 15) is 13.7 Å². The Kier molecular flexibility index (Phi) is 2.63. The lowest BCUT2D eigenvalue weighted by atomic mass is 10.1. The third kappa shape index (κ3) is 1.67. The number of halogens is 1. The molecule has 0 aliphatic carbocycles. The Balaban J connectivity index is 2.90. The maximum Gasteiger partial charge on any atom is 0.169 e. The van der Waals surface area contributed by atoms with Gasteiger partial charge in [-0.2, -0.15) is 0 Å². The Morgan fingerprint density at radius 2 is 2.06 bits per heavy atom. The molecule has 1 N–H and O–H groups in total. The zero-order valence-electron chi connectivity index (χ0n) is 8.82. The standard InChI is InChI=1S/C11H10FNO2S/c1-6-9-5-7(12)3-4-8(9)10(14)11(13-6)16(2)15/h3-5,14H,1-2H3. The first-order valence-electron chi connectivity index (χ1n) is 4.63. The summed E-state index contributed by atoms with van der Waals surface area (Å²) in [5.41, 5.74) is 0.553. The summed E-state index contributed by atoms with van der Waals surface area (Å²) in [7, 11) is -1.37. The van der Waals surface area contributed by atoms with E-state index in [4.69, 9.17) is 0 Å². The molecule has 2 rings (SSSR count). The molecule has 1 heterocycles. The molecule has 0 radical (unpaired) electrons. The van der Waals surface area contributed by atoms with Crippen LogP contribution in [0, 0.1) is 12.7 Å². The van der Waals surface area contributed by atoms with E-state index in [1.807, 2.05) is 0 Å². The molecular formula is C11H10FNO2S. The summed E-state index contributed by atoms with van der Waals surface area (Å²) in [6.07, 6.45) is 1.44. The fraction of sp³-hybridized carbons (Fsp3) is 0.182. The van der Waals surface area contributed by atoms with Gasteiger partial charge in [0.2, 0.25) is 0 Å². The summed E-state index contributed by atoms with van der Waals surface area (Å²) >= 11 is 0. The molecule has 0 saturated heterocycles. The van der Waals surface area contributed by atoms with Crippen LogP contribution in [0.15, 0.2) is 23.2 Å². The quantitative estimate of drug-likeness (QED) is 0.829. The number of rotatable bonds is 1. The number of aromatic nitrogens is 1. The maximum absolute atomic E-state index is 13.0. The first-order valence-corrected chi connectivity index (χ1v) is 6.18. The molecule has 0 amide bonds. The molecule has 1 aromatic heterocycles. The summed E-state index contributed by atoms with van der Waals surface area (Å²) in [6, 6.07) is 4.02. The van der Waals surface area contributed by atoms with Crippen LogP contribution in [0.2, 0.25) is 0 Å². The minimum absolute atomic E-state index is 0.136. The van der Waals surface area contributed by atoms with Crippen LogP contribution in [0.4, 0.5) is 4.39 Å². The monoisotopic (exact) mass is 239 g/mol. The average molecular weight is 239 g/mol. The zero-order valence-corrected chi connectivity index (χ0v) is 9.64.